The van der Waals surface area contributed by atoms with Crippen LogP contribution in [0.3, 0.4) is 0 Å². The first-order chi connectivity index (χ1) is 9.78. The van der Waals surface area contributed by atoms with Crippen LogP contribution in [0.1, 0.15) is 9.67 Å². The number of guanidine groups is 1. The minimum Gasteiger partial charge on any atom is -0.368 e. The lowest BCUT2D eigenvalue weighted by molar-refractivity contribution is 0.102. The molecule has 10 heteroatoms. The van der Waals surface area contributed by atoms with E-state index < -0.39 is 27.6 Å². The number of thiophene rings is 1. The van der Waals surface area contributed by atoms with Crippen molar-refractivity contribution in [3.05, 3.63) is 33.6 Å². The molecule has 2 rings (SSSR count). The molecule has 4 N–H and O–H groups in total. The van der Waals surface area contributed by atoms with Gasteiger partial charge < -0.3 is 5.73 Å². The predicted octanol–water partition coefficient (Wildman–Crippen LogP) is 1.59. The van der Waals surface area contributed by atoms with Crippen LogP contribution in [0.2, 0.25) is 0 Å². The molecule has 0 saturated heterocycles. The van der Waals surface area contributed by atoms with Crippen LogP contribution >= 0.6 is 27.3 Å². The van der Waals surface area contributed by atoms with E-state index in [4.69, 9.17) is 11.1 Å². The van der Waals surface area contributed by atoms with Crippen molar-refractivity contribution in [3.63, 3.8) is 0 Å². The van der Waals surface area contributed by atoms with Gasteiger partial charge in [-0.3, -0.25) is 10.2 Å². The monoisotopic (exact) mass is 391 g/mol. The summed E-state index contributed by atoms with van der Waals surface area (Å²) in [5.41, 5.74) is 6.60. The van der Waals surface area contributed by atoms with Crippen molar-refractivity contribution in [2.45, 2.75) is 0 Å². The summed E-state index contributed by atoms with van der Waals surface area (Å²) < 4.78 is 29.0. The first-order valence-electron chi connectivity index (χ1n) is 5.51. The van der Waals surface area contributed by atoms with Gasteiger partial charge in [0.05, 0.1) is 4.88 Å². The predicted molar refractivity (Wildman–Crippen MR) is 83.8 cm³/mol. The Morgan fingerprint density at radius 2 is 2.19 bits per heavy atom. The number of rotatable bonds is 5. The average molecular weight is 392 g/mol. The van der Waals surface area contributed by atoms with E-state index in [2.05, 4.69) is 20.2 Å². The molecule has 0 aliphatic carbocycles. The van der Waals surface area contributed by atoms with Crippen LogP contribution in [-0.2, 0) is 14.4 Å². The molecule has 0 bridgehead atoms. The molecule has 0 fully saturated rings. The number of hydroxylamine groups is 1. The van der Waals surface area contributed by atoms with Gasteiger partial charge in [0.2, 0.25) is 5.96 Å². The maximum atomic E-state index is 12.0. The summed E-state index contributed by atoms with van der Waals surface area (Å²) in [6, 6.07) is 7.12. The summed E-state index contributed by atoms with van der Waals surface area (Å²) in [7, 11) is -4.16. The van der Waals surface area contributed by atoms with Gasteiger partial charge in [0.1, 0.15) is 5.75 Å². The van der Waals surface area contributed by atoms with Crippen LogP contribution in [0.5, 0.6) is 0 Å². The van der Waals surface area contributed by atoms with E-state index in [9.17, 15) is 13.2 Å². The zero-order valence-electron chi connectivity index (χ0n) is 10.4. The molecule has 0 radical (unpaired) electrons. The first-order valence-corrected chi connectivity index (χ1v) is 8.69. The Bertz CT molecular complexity index is 816. The first kappa shape index (κ1) is 15.9. The van der Waals surface area contributed by atoms with Gasteiger partial charge >= 0.3 is 0 Å². The summed E-state index contributed by atoms with van der Waals surface area (Å²) in [4.78, 5) is 12.3. The van der Waals surface area contributed by atoms with Gasteiger partial charge in [-0.15, -0.1) is 15.6 Å². The average Bonchev–Trinajstić information content (AvgIpc) is 2.82. The Morgan fingerprint density at radius 3 is 2.81 bits per heavy atom. The van der Waals surface area contributed by atoms with Crippen LogP contribution in [0.4, 0.5) is 0 Å². The number of nitrogens with two attached hydrogens (primary N) is 1. The number of hydrogen-bond acceptors (Lipinski definition) is 6. The Labute approximate surface area is 132 Å². The highest BCUT2D eigenvalue weighted by Crippen LogP contribution is 2.31. The van der Waals surface area contributed by atoms with Crippen molar-refractivity contribution >= 4 is 59.2 Å². The number of nitrogens with one attached hydrogen (secondary N) is 2. The maximum Gasteiger partial charge on any atom is 0.295 e. The summed E-state index contributed by atoms with van der Waals surface area (Å²) in [5.74, 6) is -2.09. The van der Waals surface area contributed by atoms with Gasteiger partial charge in [-0.1, -0.05) is 22.0 Å². The zero-order chi connectivity index (χ0) is 15.6. The SMILES string of the molecule is N=C(N)NOS(=O)(=O)CC(=O)c1cc2c(Br)cccc2s1. The lowest BCUT2D eigenvalue weighted by Crippen LogP contribution is -2.34. The lowest BCUT2D eigenvalue weighted by Gasteiger charge is -2.03. The van der Waals surface area contributed by atoms with E-state index in [1.54, 1.807) is 11.5 Å². The maximum absolute atomic E-state index is 12.0. The molecule has 2 aromatic rings. The van der Waals surface area contributed by atoms with Crippen molar-refractivity contribution in [1.82, 2.24) is 5.48 Å². The number of carbonyl (C=O) groups is 1. The second-order valence-corrected chi connectivity index (χ2v) is 7.50. The number of halogens is 1. The highest BCUT2D eigenvalue weighted by Gasteiger charge is 2.21. The second kappa shape index (κ2) is 6.10. The molecule has 0 unspecified atom stereocenters. The number of ketones is 1. The van der Waals surface area contributed by atoms with Crippen LogP contribution in [0, 0.1) is 5.41 Å². The molecule has 0 aliphatic rings. The molecule has 1 heterocycles. The van der Waals surface area contributed by atoms with Gasteiger partial charge in [-0.25, -0.2) is 5.48 Å². The van der Waals surface area contributed by atoms with Crippen molar-refractivity contribution in [2.75, 3.05) is 5.75 Å². The minimum atomic E-state index is -4.16. The normalized spacial score (nSPS) is 11.5. The fourth-order valence-corrected chi connectivity index (χ4v) is 4.01. The highest BCUT2D eigenvalue weighted by atomic mass is 79.9. The van der Waals surface area contributed by atoms with Crippen molar-refractivity contribution in [3.8, 4) is 0 Å². The summed E-state index contributed by atoms with van der Waals surface area (Å²) >= 11 is 4.56. The molecule has 0 saturated carbocycles. The number of carbonyl (C=O) groups excluding carboxylic acids is 1. The molecule has 112 valence electrons. The summed E-state index contributed by atoms with van der Waals surface area (Å²) in [6.45, 7) is 0. The Balaban J connectivity index is 2.19. The van der Waals surface area contributed by atoms with E-state index in [0.717, 1.165) is 14.6 Å². The van der Waals surface area contributed by atoms with Gasteiger partial charge in [-0.2, -0.15) is 8.42 Å². The van der Waals surface area contributed by atoms with E-state index >= 15 is 0 Å². The Hall–Kier alpha value is -1.49. The number of benzene rings is 1. The Kier molecular flexibility index (Phi) is 4.61. The molecule has 0 amide bonds. The number of Topliss-reactive ketones (excluding diaryl/α,β-unsaturated/α-hetero) is 1. The molecule has 1 aromatic carbocycles. The number of fused-ring (bicyclic) bond motifs is 1. The topological polar surface area (TPSA) is 122 Å². The third-order valence-corrected chi connectivity index (χ3v) is 5.16. The van der Waals surface area contributed by atoms with Crippen LogP contribution in [-0.4, -0.2) is 25.9 Å². The molecule has 1 aromatic heterocycles. The molecular formula is C11H10BrN3O4S2. The zero-order valence-corrected chi connectivity index (χ0v) is 13.6. The minimum absolute atomic E-state index is 0.312. The van der Waals surface area contributed by atoms with E-state index in [-0.39, 0.29) is 0 Å². The van der Waals surface area contributed by atoms with Gasteiger partial charge in [0.15, 0.2) is 5.78 Å². The summed E-state index contributed by atoms with van der Waals surface area (Å²) in [5, 5.41) is 7.65. The van der Waals surface area contributed by atoms with E-state index in [1.165, 1.54) is 11.3 Å². The van der Waals surface area contributed by atoms with Crippen molar-refractivity contribution in [2.24, 2.45) is 5.73 Å². The standard InChI is InChI=1S/C11H10BrN3O4S2/c12-7-2-1-3-9-6(7)4-10(20-9)8(16)5-21(17,18)19-15-11(13)14/h1-4H,5H2,(H4,13,14,15). The Morgan fingerprint density at radius 1 is 1.48 bits per heavy atom. The number of hydrogen-bond donors (Lipinski definition) is 3. The van der Waals surface area contributed by atoms with Crippen LogP contribution < -0.4 is 11.2 Å². The van der Waals surface area contributed by atoms with E-state index in [1.807, 2.05) is 18.2 Å². The second-order valence-electron chi connectivity index (χ2n) is 3.99. The third kappa shape index (κ3) is 4.00. The smallest absolute Gasteiger partial charge is 0.295 e. The van der Waals surface area contributed by atoms with Crippen LogP contribution in [0.15, 0.2) is 28.7 Å². The lowest BCUT2D eigenvalue weighted by atomic mass is 10.2. The molecule has 7 nitrogen and oxygen atoms in total. The highest BCUT2D eigenvalue weighted by molar-refractivity contribution is 9.10. The fraction of sp³-hybridized carbons (Fsp3) is 0.0909. The molecule has 0 atom stereocenters. The molecule has 21 heavy (non-hydrogen) atoms. The summed E-state index contributed by atoms with van der Waals surface area (Å²) in [6.07, 6.45) is 0. The van der Waals surface area contributed by atoms with Crippen LogP contribution in [0.25, 0.3) is 10.1 Å². The molecule has 0 aliphatic heterocycles. The third-order valence-electron chi connectivity index (χ3n) is 2.37. The fourth-order valence-electron chi connectivity index (χ4n) is 1.53. The molecular weight excluding hydrogens is 382 g/mol. The molecule has 0 spiro atoms. The van der Waals surface area contributed by atoms with E-state index in [0.29, 0.717) is 4.88 Å². The van der Waals surface area contributed by atoms with Crippen molar-refractivity contribution < 1.29 is 17.5 Å². The largest absolute Gasteiger partial charge is 0.368 e. The van der Waals surface area contributed by atoms with Gasteiger partial charge in [0, 0.05) is 14.6 Å². The quantitative estimate of drug-likeness (QED) is 0.307. The van der Waals surface area contributed by atoms with Gasteiger partial charge in [0.25, 0.3) is 10.1 Å². The van der Waals surface area contributed by atoms with Crippen molar-refractivity contribution in [1.29, 1.82) is 5.41 Å². The van der Waals surface area contributed by atoms with Gasteiger partial charge in [-0.05, 0) is 18.2 Å².